The summed E-state index contributed by atoms with van der Waals surface area (Å²) in [7, 11) is 1.65. The van der Waals surface area contributed by atoms with E-state index < -0.39 is 9.05 Å². The molecular formula is C10H10ClNO2S. The zero-order valence-corrected chi connectivity index (χ0v) is 9.91. The van der Waals surface area contributed by atoms with Crippen LogP contribution in [0.15, 0.2) is 23.2 Å². The zero-order valence-electron chi connectivity index (χ0n) is 8.33. The summed E-state index contributed by atoms with van der Waals surface area (Å²) in [4.78, 5) is 3.08. The van der Waals surface area contributed by atoms with Crippen molar-refractivity contribution < 1.29 is 8.42 Å². The molecule has 1 aromatic heterocycles. The molecular weight excluding hydrogens is 234 g/mol. The lowest BCUT2D eigenvalue weighted by atomic mass is 10.1. The minimum absolute atomic E-state index is 0.141. The number of benzene rings is 1. The largest absolute Gasteiger partial charge is 0.360 e. The molecule has 0 unspecified atom stereocenters. The van der Waals surface area contributed by atoms with E-state index in [1.54, 1.807) is 6.07 Å². The van der Waals surface area contributed by atoms with Crippen molar-refractivity contribution in [2.75, 3.05) is 0 Å². The molecule has 1 N–H and O–H groups in total. The Bertz CT molecular complexity index is 628. The van der Waals surface area contributed by atoms with Crippen LogP contribution in [0.2, 0.25) is 0 Å². The van der Waals surface area contributed by atoms with E-state index in [4.69, 9.17) is 10.7 Å². The molecule has 0 amide bonds. The number of aromatic amines is 1. The Morgan fingerprint density at radius 3 is 2.53 bits per heavy atom. The topological polar surface area (TPSA) is 49.9 Å². The van der Waals surface area contributed by atoms with Crippen LogP contribution < -0.4 is 0 Å². The summed E-state index contributed by atoms with van der Waals surface area (Å²) in [5.74, 6) is 0. The highest BCUT2D eigenvalue weighted by Gasteiger charge is 2.16. The molecule has 0 aliphatic carbocycles. The summed E-state index contributed by atoms with van der Waals surface area (Å²) in [5.41, 5.74) is 2.98. The standard InChI is InChI=1S/C10H10ClNO2S/c1-6-3-4-8-9(15(11,13)14)5-12-10(8)7(6)2/h3-5,12H,1-2H3. The summed E-state index contributed by atoms with van der Waals surface area (Å²) >= 11 is 0. The first-order valence-electron chi connectivity index (χ1n) is 4.43. The van der Waals surface area contributed by atoms with Crippen LogP contribution >= 0.6 is 10.7 Å². The van der Waals surface area contributed by atoms with Crippen LogP contribution in [0.4, 0.5) is 0 Å². The molecule has 15 heavy (non-hydrogen) atoms. The monoisotopic (exact) mass is 243 g/mol. The highest BCUT2D eigenvalue weighted by Crippen LogP contribution is 2.28. The van der Waals surface area contributed by atoms with E-state index in [1.807, 2.05) is 19.9 Å². The van der Waals surface area contributed by atoms with Gasteiger partial charge in [0.05, 0.1) is 0 Å². The van der Waals surface area contributed by atoms with Crippen molar-refractivity contribution in [2.24, 2.45) is 0 Å². The van der Waals surface area contributed by atoms with Gasteiger partial charge in [0.1, 0.15) is 4.90 Å². The second-order valence-electron chi connectivity index (χ2n) is 3.52. The van der Waals surface area contributed by atoms with Gasteiger partial charge in [-0.05, 0) is 25.0 Å². The van der Waals surface area contributed by atoms with Gasteiger partial charge in [-0.1, -0.05) is 12.1 Å². The second kappa shape index (κ2) is 3.25. The lowest BCUT2D eigenvalue weighted by Gasteiger charge is -2.01. The number of hydrogen-bond donors (Lipinski definition) is 1. The second-order valence-corrected chi connectivity index (χ2v) is 6.06. The minimum Gasteiger partial charge on any atom is -0.360 e. The lowest BCUT2D eigenvalue weighted by molar-refractivity contribution is 0.610. The van der Waals surface area contributed by atoms with Gasteiger partial charge in [-0.3, -0.25) is 0 Å². The van der Waals surface area contributed by atoms with E-state index in [-0.39, 0.29) is 4.90 Å². The fourth-order valence-corrected chi connectivity index (χ4v) is 2.64. The highest BCUT2D eigenvalue weighted by atomic mass is 35.7. The molecule has 0 saturated carbocycles. The van der Waals surface area contributed by atoms with Crippen LogP contribution in [0.25, 0.3) is 10.9 Å². The Morgan fingerprint density at radius 2 is 1.93 bits per heavy atom. The number of aryl methyl sites for hydroxylation is 2. The summed E-state index contributed by atoms with van der Waals surface area (Å²) in [5, 5.41) is 0.646. The molecule has 0 radical (unpaired) electrons. The molecule has 0 aliphatic rings. The van der Waals surface area contributed by atoms with Gasteiger partial charge in [-0.2, -0.15) is 0 Å². The van der Waals surface area contributed by atoms with Gasteiger partial charge in [0, 0.05) is 27.8 Å². The van der Waals surface area contributed by atoms with Crippen molar-refractivity contribution in [3.8, 4) is 0 Å². The van der Waals surface area contributed by atoms with E-state index in [1.165, 1.54) is 6.20 Å². The Hall–Kier alpha value is -1.00. The van der Waals surface area contributed by atoms with Gasteiger partial charge in [-0.25, -0.2) is 8.42 Å². The fourth-order valence-electron chi connectivity index (χ4n) is 1.62. The van der Waals surface area contributed by atoms with E-state index in [0.29, 0.717) is 5.39 Å². The van der Waals surface area contributed by atoms with Gasteiger partial charge in [-0.15, -0.1) is 0 Å². The van der Waals surface area contributed by atoms with Gasteiger partial charge in [0.15, 0.2) is 0 Å². The van der Waals surface area contributed by atoms with Crippen LogP contribution in [-0.2, 0) is 9.05 Å². The predicted octanol–water partition coefficient (Wildman–Crippen LogP) is 2.71. The molecule has 80 valence electrons. The smallest absolute Gasteiger partial charge is 0.263 e. The number of aromatic nitrogens is 1. The number of rotatable bonds is 1. The molecule has 1 heterocycles. The van der Waals surface area contributed by atoms with Crippen molar-refractivity contribution in [1.82, 2.24) is 4.98 Å². The van der Waals surface area contributed by atoms with Gasteiger partial charge in [0.25, 0.3) is 9.05 Å². The van der Waals surface area contributed by atoms with Crippen LogP contribution in [0.3, 0.4) is 0 Å². The maximum absolute atomic E-state index is 11.2. The number of hydrogen-bond acceptors (Lipinski definition) is 2. The van der Waals surface area contributed by atoms with Crippen LogP contribution in [0.1, 0.15) is 11.1 Å². The third-order valence-electron chi connectivity index (χ3n) is 2.61. The summed E-state index contributed by atoms with van der Waals surface area (Å²) < 4.78 is 22.5. The first kappa shape index (κ1) is 10.5. The molecule has 2 rings (SSSR count). The van der Waals surface area contributed by atoms with Crippen LogP contribution in [0, 0.1) is 13.8 Å². The van der Waals surface area contributed by atoms with E-state index in [0.717, 1.165) is 16.6 Å². The lowest BCUT2D eigenvalue weighted by Crippen LogP contribution is -1.88. The molecule has 0 saturated heterocycles. The number of nitrogens with one attached hydrogen (secondary N) is 1. The molecule has 5 heteroatoms. The minimum atomic E-state index is -3.67. The summed E-state index contributed by atoms with van der Waals surface area (Å²) in [6.07, 6.45) is 1.43. The van der Waals surface area contributed by atoms with Crippen molar-refractivity contribution >= 4 is 30.6 Å². The highest BCUT2D eigenvalue weighted by molar-refractivity contribution is 8.14. The molecule has 3 nitrogen and oxygen atoms in total. The third-order valence-corrected chi connectivity index (χ3v) is 3.97. The van der Waals surface area contributed by atoms with Crippen molar-refractivity contribution in [2.45, 2.75) is 18.7 Å². The average molecular weight is 244 g/mol. The zero-order chi connectivity index (χ0) is 11.2. The Kier molecular flexibility index (Phi) is 2.28. The van der Waals surface area contributed by atoms with E-state index in [9.17, 15) is 8.42 Å². The van der Waals surface area contributed by atoms with Crippen LogP contribution in [-0.4, -0.2) is 13.4 Å². The molecule has 0 fully saturated rings. The SMILES string of the molecule is Cc1ccc2c(S(=O)(=O)Cl)c[nH]c2c1C. The molecule has 0 bridgehead atoms. The Balaban J connectivity index is 2.90. The molecule has 0 atom stereocenters. The van der Waals surface area contributed by atoms with Crippen LogP contribution in [0.5, 0.6) is 0 Å². The Morgan fingerprint density at radius 1 is 1.27 bits per heavy atom. The van der Waals surface area contributed by atoms with Gasteiger partial charge in [0.2, 0.25) is 0 Å². The molecule has 0 spiro atoms. The van der Waals surface area contributed by atoms with Gasteiger partial charge >= 0.3 is 0 Å². The average Bonchev–Trinajstić information content (AvgIpc) is 2.54. The summed E-state index contributed by atoms with van der Waals surface area (Å²) in [6, 6.07) is 3.65. The van der Waals surface area contributed by atoms with Gasteiger partial charge < -0.3 is 4.98 Å². The molecule has 2 aromatic rings. The number of fused-ring (bicyclic) bond motifs is 1. The van der Waals surface area contributed by atoms with E-state index >= 15 is 0 Å². The molecule has 1 aromatic carbocycles. The Labute approximate surface area is 92.5 Å². The molecule has 0 aliphatic heterocycles. The normalized spacial score (nSPS) is 12.2. The maximum atomic E-state index is 11.2. The van der Waals surface area contributed by atoms with Crippen molar-refractivity contribution in [1.29, 1.82) is 0 Å². The summed E-state index contributed by atoms with van der Waals surface area (Å²) in [6.45, 7) is 3.92. The fraction of sp³-hybridized carbons (Fsp3) is 0.200. The first-order valence-corrected chi connectivity index (χ1v) is 6.74. The number of halogens is 1. The first-order chi connectivity index (χ1) is 6.91. The maximum Gasteiger partial charge on any atom is 0.263 e. The van der Waals surface area contributed by atoms with Crippen molar-refractivity contribution in [3.05, 3.63) is 29.5 Å². The third kappa shape index (κ3) is 1.64. The quantitative estimate of drug-likeness (QED) is 0.783. The predicted molar refractivity (Wildman–Crippen MR) is 60.8 cm³/mol. The van der Waals surface area contributed by atoms with Crippen molar-refractivity contribution in [3.63, 3.8) is 0 Å². The van der Waals surface area contributed by atoms with E-state index in [2.05, 4.69) is 4.98 Å². The number of H-pyrrole nitrogens is 1.